The van der Waals surface area contributed by atoms with Crippen LogP contribution in [0.1, 0.15) is 10.4 Å². The minimum absolute atomic E-state index is 0.156. The molecule has 2 rings (SSSR count). The topological polar surface area (TPSA) is 114 Å². The summed E-state index contributed by atoms with van der Waals surface area (Å²) >= 11 is 5.67. The highest BCUT2D eigenvalue weighted by molar-refractivity contribution is 6.30. The molecule has 92 valence electrons. The van der Waals surface area contributed by atoms with E-state index >= 15 is 0 Å². The average molecular weight is 266 g/mol. The number of carbonyl (C=O) groups excluding carboxylic acids is 1. The molecule has 0 aliphatic heterocycles. The Morgan fingerprint density at radius 1 is 1.44 bits per heavy atom. The van der Waals surface area contributed by atoms with Crippen molar-refractivity contribution in [3.05, 3.63) is 45.5 Å². The SMILES string of the molecule is Nc1cnc(Cl)cc1C(=O)Nc1ccc(=O)[nH]n1. The summed E-state index contributed by atoms with van der Waals surface area (Å²) in [4.78, 5) is 26.4. The normalized spacial score (nSPS) is 10.1. The maximum atomic E-state index is 11.9. The Morgan fingerprint density at radius 2 is 2.22 bits per heavy atom. The van der Waals surface area contributed by atoms with Crippen LogP contribution in [-0.2, 0) is 0 Å². The number of aromatic amines is 1. The number of nitrogen functional groups attached to an aromatic ring is 1. The van der Waals surface area contributed by atoms with Crippen LogP contribution >= 0.6 is 11.6 Å². The Balaban J connectivity index is 2.24. The molecule has 0 aromatic carbocycles. The molecule has 8 heteroatoms. The maximum absolute atomic E-state index is 11.9. The molecule has 1 amide bonds. The first kappa shape index (κ1) is 12.1. The van der Waals surface area contributed by atoms with Crippen LogP contribution in [0, 0.1) is 0 Å². The van der Waals surface area contributed by atoms with Crippen molar-refractivity contribution in [2.75, 3.05) is 11.1 Å². The van der Waals surface area contributed by atoms with Gasteiger partial charge >= 0.3 is 0 Å². The molecule has 2 aromatic rings. The third kappa shape index (κ3) is 2.64. The van der Waals surface area contributed by atoms with E-state index in [1.54, 1.807) is 0 Å². The van der Waals surface area contributed by atoms with Crippen molar-refractivity contribution in [1.82, 2.24) is 15.2 Å². The fourth-order valence-electron chi connectivity index (χ4n) is 1.23. The van der Waals surface area contributed by atoms with Gasteiger partial charge in [0, 0.05) is 6.07 Å². The van der Waals surface area contributed by atoms with E-state index < -0.39 is 5.91 Å². The fourth-order valence-corrected chi connectivity index (χ4v) is 1.39. The lowest BCUT2D eigenvalue weighted by molar-refractivity contribution is 0.102. The molecule has 0 spiro atoms. The largest absolute Gasteiger partial charge is 0.397 e. The molecule has 0 saturated carbocycles. The second-order valence-corrected chi connectivity index (χ2v) is 3.74. The number of nitrogens with zero attached hydrogens (tertiary/aromatic N) is 2. The highest BCUT2D eigenvalue weighted by Crippen LogP contribution is 2.16. The molecule has 7 nitrogen and oxygen atoms in total. The van der Waals surface area contributed by atoms with Crippen molar-refractivity contribution in [2.45, 2.75) is 0 Å². The summed E-state index contributed by atoms with van der Waals surface area (Å²) in [6.45, 7) is 0. The van der Waals surface area contributed by atoms with Gasteiger partial charge in [0.15, 0.2) is 5.82 Å². The molecule has 0 aliphatic carbocycles. The van der Waals surface area contributed by atoms with Crippen molar-refractivity contribution >= 4 is 29.0 Å². The summed E-state index contributed by atoms with van der Waals surface area (Å²) in [7, 11) is 0. The minimum atomic E-state index is -0.489. The summed E-state index contributed by atoms with van der Waals surface area (Å²) in [5.41, 5.74) is 5.63. The van der Waals surface area contributed by atoms with Gasteiger partial charge in [0.05, 0.1) is 17.4 Å². The van der Waals surface area contributed by atoms with Gasteiger partial charge in [-0.1, -0.05) is 11.6 Å². The molecule has 2 aromatic heterocycles. The second kappa shape index (κ2) is 4.84. The zero-order valence-corrected chi connectivity index (χ0v) is 9.73. The van der Waals surface area contributed by atoms with Gasteiger partial charge in [-0.15, -0.1) is 0 Å². The van der Waals surface area contributed by atoms with Gasteiger partial charge in [-0.2, -0.15) is 5.10 Å². The first-order valence-corrected chi connectivity index (χ1v) is 5.22. The van der Waals surface area contributed by atoms with Gasteiger partial charge in [0.25, 0.3) is 11.5 Å². The third-order valence-corrected chi connectivity index (χ3v) is 2.27. The van der Waals surface area contributed by atoms with Crippen molar-refractivity contribution in [1.29, 1.82) is 0 Å². The van der Waals surface area contributed by atoms with Gasteiger partial charge in [-0.3, -0.25) is 9.59 Å². The minimum Gasteiger partial charge on any atom is -0.397 e. The average Bonchev–Trinajstić information content (AvgIpc) is 2.35. The molecule has 4 N–H and O–H groups in total. The van der Waals surface area contributed by atoms with Crippen molar-refractivity contribution in [3.63, 3.8) is 0 Å². The number of rotatable bonds is 2. The second-order valence-electron chi connectivity index (χ2n) is 3.35. The number of hydrogen-bond acceptors (Lipinski definition) is 5. The molecule has 0 radical (unpaired) electrons. The first-order valence-electron chi connectivity index (χ1n) is 4.84. The highest BCUT2D eigenvalue weighted by atomic mass is 35.5. The highest BCUT2D eigenvalue weighted by Gasteiger charge is 2.11. The van der Waals surface area contributed by atoms with Crippen LogP contribution in [-0.4, -0.2) is 21.1 Å². The van der Waals surface area contributed by atoms with E-state index in [2.05, 4.69) is 20.5 Å². The summed E-state index contributed by atoms with van der Waals surface area (Å²) in [6, 6.07) is 3.96. The molecule has 18 heavy (non-hydrogen) atoms. The van der Waals surface area contributed by atoms with Crippen LogP contribution < -0.4 is 16.6 Å². The van der Waals surface area contributed by atoms with Gasteiger partial charge in [0.2, 0.25) is 0 Å². The Labute approximate surface area is 106 Å². The number of aromatic nitrogens is 3. The van der Waals surface area contributed by atoms with E-state index in [0.29, 0.717) is 0 Å². The van der Waals surface area contributed by atoms with Crippen molar-refractivity contribution in [3.8, 4) is 0 Å². The molecule has 0 bridgehead atoms. The Bertz CT molecular complexity index is 634. The van der Waals surface area contributed by atoms with Crippen LogP contribution in [0.3, 0.4) is 0 Å². The fraction of sp³-hybridized carbons (Fsp3) is 0. The van der Waals surface area contributed by atoms with E-state index in [0.717, 1.165) is 0 Å². The Kier molecular flexibility index (Phi) is 3.24. The number of halogens is 1. The number of amides is 1. The number of nitrogens with one attached hydrogen (secondary N) is 2. The van der Waals surface area contributed by atoms with Gasteiger partial charge in [0.1, 0.15) is 5.15 Å². The Hall–Kier alpha value is -2.41. The zero-order valence-electron chi connectivity index (χ0n) is 8.98. The van der Waals surface area contributed by atoms with E-state index in [-0.39, 0.29) is 27.8 Å². The first-order chi connectivity index (χ1) is 8.56. The lowest BCUT2D eigenvalue weighted by Gasteiger charge is -2.06. The van der Waals surface area contributed by atoms with Crippen molar-refractivity contribution in [2.24, 2.45) is 0 Å². The van der Waals surface area contributed by atoms with Crippen LogP contribution in [0.4, 0.5) is 11.5 Å². The molecule has 0 saturated heterocycles. The molecule has 2 heterocycles. The number of H-pyrrole nitrogens is 1. The number of anilines is 2. The molecule has 0 atom stereocenters. The predicted molar refractivity (Wildman–Crippen MR) is 66.5 cm³/mol. The standard InChI is InChI=1S/C10H8ClN5O2/c11-7-3-5(6(12)4-13-7)10(18)14-8-1-2-9(17)16-15-8/h1-4H,12H2,(H,16,17)(H,14,15,18). The molecule has 0 aliphatic rings. The smallest absolute Gasteiger partial charge is 0.264 e. The quantitative estimate of drug-likeness (QED) is 0.690. The third-order valence-electron chi connectivity index (χ3n) is 2.07. The van der Waals surface area contributed by atoms with Crippen LogP contribution in [0.2, 0.25) is 5.15 Å². The molecule has 0 unspecified atom stereocenters. The van der Waals surface area contributed by atoms with Crippen molar-refractivity contribution < 1.29 is 4.79 Å². The summed E-state index contributed by atoms with van der Waals surface area (Å²) in [5.74, 6) is -0.289. The predicted octanol–water partition coefficient (Wildman–Crippen LogP) is 0.653. The Morgan fingerprint density at radius 3 is 2.89 bits per heavy atom. The number of pyridine rings is 1. The van der Waals surface area contributed by atoms with E-state index in [1.807, 2.05) is 0 Å². The summed E-state index contributed by atoms with van der Waals surface area (Å²) in [5, 5.41) is 8.45. The monoisotopic (exact) mass is 265 g/mol. The zero-order chi connectivity index (χ0) is 13.1. The van der Waals surface area contributed by atoms with Crippen LogP contribution in [0.5, 0.6) is 0 Å². The van der Waals surface area contributed by atoms with E-state index in [4.69, 9.17) is 17.3 Å². The molecule has 0 fully saturated rings. The van der Waals surface area contributed by atoms with Gasteiger partial charge in [-0.25, -0.2) is 10.1 Å². The maximum Gasteiger partial charge on any atom is 0.264 e. The van der Waals surface area contributed by atoms with Gasteiger partial charge in [-0.05, 0) is 12.1 Å². The van der Waals surface area contributed by atoms with E-state index in [9.17, 15) is 9.59 Å². The lowest BCUT2D eigenvalue weighted by atomic mass is 10.2. The number of carbonyl (C=O) groups is 1. The lowest BCUT2D eigenvalue weighted by Crippen LogP contribution is -2.17. The molecular weight excluding hydrogens is 258 g/mol. The van der Waals surface area contributed by atoms with Crippen LogP contribution in [0.15, 0.2) is 29.2 Å². The summed E-state index contributed by atoms with van der Waals surface area (Å²) in [6.07, 6.45) is 1.29. The number of nitrogens with two attached hydrogens (primary N) is 1. The molecular formula is C10H8ClN5O2. The van der Waals surface area contributed by atoms with Gasteiger partial charge < -0.3 is 11.1 Å². The van der Waals surface area contributed by atoms with Crippen LogP contribution in [0.25, 0.3) is 0 Å². The van der Waals surface area contributed by atoms with E-state index in [1.165, 1.54) is 24.4 Å². The summed E-state index contributed by atoms with van der Waals surface area (Å²) < 4.78 is 0. The number of hydrogen-bond donors (Lipinski definition) is 3.